The Morgan fingerprint density at radius 3 is 2.54 bits per heavy atom. The lowest BCUT2D eigenvalue weighted by Gasteiger charge is -2.31. The van der Waals surface area contributed by atoms with Gasteiger partial charge in [0.05, 0.1) is 12.1 Å². The third-order valence-corrected chi connectivity index (χ3v) is 4.60. The summed E-state index contributed by atoms with van der Waals surface area (Å²) in [6.45, 7) is 4.58. The summed E-state index contributed by atoms with van der Waals surface area (Å²) in [5, 5.41) is 0.912. The standard InChI is InChI=1S/C19H16FNO3/c1-11-12(2)19(22)24-18-15(11)7-8-17-16(18)9-21(10-23-17)14-5-3-13(20)4-6-14/h3-8H,9-10H2,1-2H3. The van der Waals surface area contributed by atoms with Crippen LogP contribution >= 0.6 is 0 Å². The van der Waals surface area contributed by atoms with E-state index in [1.165, 1.54) is 12.1 Å². The SMILES string of the molecule is Cc1c(C)c2ccc3c(c2oc1=O)CN(c1ccc(F)cc1)CO3. The Hall–Kier alpha value is -2.82. The fourth-order valence-corrected chi connectivity index (χ4v) is 3.03. The predicted octanol–water partition coefficient (Wildman–Crippen LogP) is 3.91. The highest BCUT2D eigenvalue weighted by Crippen LogP contribution is 2.35. The van der Waals surface area contributed by atoms with E-state index in [4.69, 9.17) is 9.15 Å². The molecule has 5 heteroatoms. The Kier molecular flexibility index (Phi) is 3.30. The lowest BCUT2D eigenvalue weighted by atomic mass is 10.0. The van der Waals surface area contributed by atoms with Crippen molar-refractivity contribution in [2.75, 3.05) is 11.6 Å². The first-order chi connectivity index (χ1) is 11.5. The number of ether oxygens (including phenoxy) is 1. The number of anilines is 1. The maximum atomic E-state index is 13.1. The van der Waals surface area contributed by atoms with Gasteiger partial charge >= 0.3 is 5.63 Å². The minimum absolute atomic E-state index is 0.278. The van der Waals surface area contributed by atoms with Gasteiger partial charge in [0, 0.05) is 16.6 Å². The van der Waals surface area contributed by atoms with Crippen molar-refractivity contribution >= 4 is 16.7 Å². The molecule has 1 aliphatic heterocycles. The van der Waals surface area contributed by atoms with E-state index in [1.807, 2.05) is 24.0 Å². The molecular weight excluding hydrogens is 309 g/mol. The topological polar surface area (TPSA) is 42.7 Å². The molecule has 0 spiro atoms. The van der Waals surface area contributed by atoms with Crippen LogP contribution in [0.4, 0.5) is 10.1 Å². The Balaban J connectivity index is 1.84. The number of hydrogen-bond acceptors (Lipinski definition) is 4. The number of fused-ring (bicyclic) bond motifs is 3. The van der Waals surface area contributed by atoms with E-state index in [0.717, 1.165) is 22.2 Å². The average molecular weight is 325 g/mol. The summed E-state index contributed by atoms with van der Waals surface area (Å²) in [6, 6.07) is 10.1. The number of aryl methyl sites for hydroxylation is 1. The highest BCUT2D eigenvalue weighted by molar-refractivity contribution is 5.86. The van der Waals surface area contributed by atoms with E-state index in [1.54, 1.807) is 19.1 Å². The first kappa shape index (κ1) is 14.8. The van der Waals surface area contributed by atoms with Crippen LogP contribution in [0.3, 0.4) is 0 Å². The summed E-state index contributed by atoms with van der Waals surface area (Å²) in [5.74, 6) is 0.437. The van der Waals surface area contributed by atoms with Crippen LogP contribution in [0.25, 0.3) is 11.0 Å². The van der Waals surface area contributed by atoms with Gasteiger partial charge in [-0.05, 0) is 55.8 Å². The number of benzene rings is 2. The molecule has 2 aromatic carbocycles. The van der Waals surface area contributed by atoms with Crippen molar-refractivity contribution in [1.82, 2.24) is 0 Å². The lowest BCUT2D eigenvalue weighted by molar-refractivity contribution is 0.289. The van der Waals surface area contributed by atoms with Gasteiger partial charge in [-0.15, -0.1) is 0 Å². The van der Waals surface area contributed by atoms with Gasteiger partial charge in [0.2, 0.25) is 0 Å². The molecule has 0 saturated carbocycles. The molecule has 0 bridgehead atoms. The highest BCUT2D eigenvalue weighted by atomic mass is 19.1. The molecule has 4 rings (SSSR count). The molecule has 0 radical (unpaired) electrons. The van der Waals surface area contributed by atoms with Crippen LogP contribution in [0.2, 0.25) is 0 Å². The van der Waals surface area contributed by atoms with Crippen molar-refractivity contribution in [2.45, 2.75) is 20.4 Å². The van der Waals surface area contributed by atoms with E-state index in [-0.39, 0.29) is 11.4 Å². The quantitative estimate of drug-likeness (QED) is 0.636. The normalized spacial score (nSPS) is 13.7. The van der Waals surface area contributed by atoms with Crippen molar-refractivity contribution in [3.8, 4) is 5.75 Å². The van der Waals surface area contributed by atoms with Crippen LogP contribution in [-0.2, 0) is 6.54 Å². The van der Waals surface area contributed by atoms with Gasteiger partial charge < -0.3 is 14.1 Å². The monoisotopic (exact) mass is 325 g/mol. The zero-order valence-electron chi connectivity index (χ0n) is 13.4. The summed E-state index contributed by atoms with van der Waals surface area (Å²) in [5.41, 5.74) is 3.46. The Morgan fingerprint density at radius 2 is 1.79 bits per heavy atom. The maximum Gasteiger partial charge on any atom is 0.339 e. The number of rotatable bonds is 1. The highest BCUT2D eigenvalue weighted by Gasteiger charge is 2.23. The van der Waals surface area contributed by atoms with Crippen LogP contribution in [-0.4, -0.2) is 6.73 Å². The predicted molar refractivity (Wildman–Crippen MR) is 90.0 cm³/mol. The number of hydrogen-bond donors (Lipinski definition) is 0. The third kappa shape index (κ3) is 2.24. The van der Waals surface area contributed by atoms with Crippen molar-refractivity contribution in [3.05, 3.63) is 69.3 Å². The largest absolute Gasteiger partial charge is 0.473 e. The lowest BCUT2D eigenvalue weighted by Crippen LogP contribution is -2.32. The molecule has 0 N–H and O–H groups in total. The van der Waals surface area contributed by atoms with E-state index in [2.05, 4.69) is 0 Å². The maximum absolute atomic E-state index is 13.1. The summed E-state index contributed by atoms with van der Waals surface area (Å²) < 4.78 is 24.5. The van der Waals surface area contributed by atoms with Crippen molar-refractivity contribution in [3.63, 3.8) is 0 Å². The fraction of sp³-hybridized carbons (Fsp3) is 0.211. The molecule has 0 saturated heterocycles. The van der Waals surface area contributed by atoms with Gasteiger partial charge in [0.1, 0.15) is 17.1 Å². The molecule has 0 amide bonds. The molecule has 0 fully saturated rings. The zero-order chi connectivity index (χ0) is 16.8. The van der Waals surface area contributed by atoms with Crippen LogP contribution < -0.4 is 15.3 Å². The van der Waals surface area contributed by atoms with Crippen molar-refractivity contribution < 1.29 is 13.5 Å². The van der Waals surface area contributed by atoms with Crippen LogP contribution in [0, 0.1) is 19.7 Å². The van der Waals surface area contributed by atoms with Crippen molar-refractivity contribution in [1.29, 1.82) is 0 Å². The molecule has 4 nitrogen and oxygen atoms in total. The molecule has 1 aromatic heterocycles. The molecule has 2 heterocycles. The second-order valence-corrected chi connectivity index (χ2v) is 6.01. The van der Waals surface area contributed by atoms with Gasteiger partial charge in [-0.3, -0.25) is 0 Å². The van der Waals surface area contributed by atoms with E-state index in [9.17, 15) is 9.18 Å². The van der Waals surface area contributed by atoms with Gasteiger partial charge in [-0.25, -0.2) is 9.18 Å². The first-order valence-corrected chi connectivity index (χ1v) is 7.74. The molecule has 1 aliphatic rings. The molecule has 24 heavy (non-hydrogen) atoms. The molecular formula is C19H16FNO3. The minimum Gasteiger partial charge on any atom is -0.473 e. The van der Waals surface area contributed by atoms with Gasteiger partial charge in [0.25, 0.3) is 0 Å². The number of halogens is 1. The van der Waals surface area contributed by atoms with Crippen LogP contribution in [0.5, 0.6) is 5.75 Å². The summed E-state index contributed by atoms with van der Waals surface area (Å²) in [4.78, 5) is 14.0. The van der Waals surface area contributed by atoms with Crippen molar-refractivity contribution in [2.24, 2.45) is 0 Å². The van der Waals surface area contributed by atoms with Gasteiger partial charge in [-0.2, -0.15) is 0 Å². The summed E-state index contributed by atoms with van der Waals surface area (Å²) in [7, 11) is 0. The van der Waals surface area contributed by atoms with E-state index in [0.29, 0.717) is 30.2 Å². The van der Waals surface area contributed by atoms with E-state index < -0.39 is 0 Å². The first-order valence-electron chi connectivity index (χ1n) is 7.74. The molecule has 122 valence electrons. The second kappa shape index (κ2) is 5.37. The Bertz CT molecular complexity index is 992. The fourth-order valence-electron chi connectivity index (χ4n) is 3.03. The Labute approximate surface area is 138 Å². The van der Waals surface area contributed by atoms with Gasteiger partial charge in [0.15, 0.2) is 6.73 Å². The Morgan fingerprint density at radius 1 is 1.04 bits per heavy atom. The van der Waals surface area contributed by atoms with Crippen LogP contribution in [0.1, 0.15) is 16.7 Å². The zero-order valence-corrected chi connectivity index (χ0v) is 13.4. The smallest absolute Gasteiger partial charge is 0.339 e. The third-order valence-electron chi connectivity index (χ3n) is 4.60. The second-order valence-electron chi connectivity index (χ2n) is 6.01. The number of nitrogens with zero attached hydrogens (tertiary/aromatic N) is 1. The molecule has 3 aromatic rings. The molecule has 0 aliphatic carbocycles. The average Bonchev–Trinajstić information content (AvgIpc) is 2.60. The summed E-state index contributed by atoms with van der Waals surface area (Å²) in [6.07, 6.45) is 0. The summed E-state index contributed by atoms with van der Waals surface area (Å²) >= 11 is 0. The molecule has 0 atom stereocenters. The minimum atomic E-state index is -0.327. The molecule has 0 unspecified atom stereocenters. The van der Waals surface area contributed by atoms with Gasteiger partial charge in [-0.1, -0.05) is 0 Å². The van der Waals surface area contributed by atoms with Crippen LogP contribution in [0.15, 0.2) is 45.6 Å². The van der Waals surface area contributed by atoms with E-state index >= 15 is 0 Å².